The molecule has 1 heterocycles. The molecule has 0 fully saturated rings. The summed E-state index contributed by atoms with van der Waals surface area (Å²) in [6.07, 6.45) is 2.88. The van der Waals surface area contributed by atoms with Crippen molar-refractivity contribution in [1.82, 2.24) is 9.78 Å². The predicted octanol–water partition coefficient (Wildman–Crippen LogP) is 3.85. The van der Waals surface area contributed by atoms with E-state index in [1.807, 2.05) is 13.8 Å². The molecule has 0 spiro atoms. The molecule has 1 N–H and O–H groups in total. The summed E-state index contributed by atoms with van der Waals surface area (Å²) in [6, 6.07) is 8.95. The Morgan fingerprint density at radius 1 is 1.16 bits per heavy atom. The fourth-order valence-corrected chi connectivity index (χ4v) is 2.42. The van der Waals surface area contributed by atoms with Gasteiger partial charge in [-0.2, -0.15) is 5.10 Å². The van der Waals surface area contributed by atoms with Gasteiger partial charge in [-0.3, -0.25) is 9.59 Å². The number of hydrogen-bond donors (Lipinski definition) is 1. The summed E-state index contributed by atoms with van der Waals surface area (Å²) >= 11 is 0. The number of ketones is 1. The molecule has 25 heavy (non-hydrogen) atoms. The number of Topliss-reactive ketones (excluding diaryl/α,β-unsaturated/α-hetero) is 1. The Kier molecular flexibility index (Phi) is 6.74. The fourth-order valence-electron chi connectivity index (χ4n) is 2.42. The molecule has 6 heteroatoms. The molecule has 0 bridgehead atoms. The first kappa shape index (κ1) is 18.7. The van der Waals surface area contributed by atoms with E-state index in [1.165, 1.54) is 0 Å². The number of rotatable bonds is 9. The number of carbonyl (C=O) groups excluding carboxylic acids is 2. The predicted molar refractivity (Wildman–Crippen MR) is 97.0 cm³/mol. The average molecular weight is 343 g/mol. The van der Waals surface area contributed by atoms with Crippen LogP contribution in [-0.2, 0) is 4.79 Å². The summed E-state index contributed by atoms with van der Waals surface area (Å²) in [7, 11) is 0. The number of anilines is 1. The Morgan fingerprint density at radius 2 is 1.88 bits per heavy atom. The maximum Gasteiger partial charge on any atom is 0.225 e. The molecule has 134 valence electrons. The van der Waals surface area contributed by atoms with Gasteiger partial charge >= 0.3 is 0 Å². The number of benzene rings is 1. The van der Waals surface area contributed by atoms with E-state index in [0.29, 0.717) is 18.0 Å². The highest BCUT2D eigenvalue weighted by Crippen LogP contribution is 2.17. The third-order valence-corrected chi connectivity index (χ3v) is 4.01. The van der Waals surface area contributed by atoms with Gasteiger partial charge in [-0.25, -0.2) is 4.68 Å². The minimum absolute atomic E-state index is 0.0615. The molecular weight excluding hydrogens is 318 g/mol. The first-order valence-electron chi connectivity index (χ1n) is 8.64. The average Bonchev–Trinajstić information content (AvgIpc) is 3.08. The molecule has 0 aliphatic rings. The van der Waals surface area contributed by atoms with Gasteiger partial charge in [-0.05, 0) is 44.5 Å². The molecule has 0 saturated heterocycles. The van der Waals surface area contributed by atoms with Crippen LogP contribution >= 0.6 is 0 Å². The van der Waals surface area contributed by atoms with Crippen molar-refractivity contribution in [1.29, 1.82) is 0 Å². The number of hydrogen-bond acceptors (Lipinski definition) is 4. The van der Waals surface area contributed by atoms with Crippen molar-refractivity contribution in [2.24, 2.45) is 0 Å². The van der Waals surface area contributed by atoms with Crippen molar-refractivity contribution < 1.29 is 14.3 Å². The van der Waals surface area contributed by atoms with Gasteiger partial charge in [-0.15, -0.1) is 0 Å². The second kappa shape index (κ2) is 9.01. The van der Waals surface area contributed by atoms with Crippen molar-refractivity contribution in [3.63, 3.8) is 0 Å². The number of nitrogens with one attached hydrogen (secondary N) is 1. The van der Waals surface area contributed by atoms with Crippen molar-refractivity contribution >= 4 is 17.5 Å². The fraction of sp³-hybridized carbons (Fsp3) is 0.421. The first-order valence-corrected chi connectivity index (χ1v) is 8.64. The number of aromatic nitrogens is 2. The molecule has 1 aromatic carbocycles. The van der Waals surface area contributed by atoms with Crippen LogP contribution in [0.1, 0.15) is 56.4 Å². The van der Waals surface area contributed by atoms with E-state index in [-0.39, 0.29) is 30.6 Å². The lowest BCUT2D eigenvalue weighted by atomic mass is 10.1. The van der Waals surface area contributed by atoms with Gasteiger partial charge in [0.05, 0.1) is 18.8 Å². The van der Waals surface area contributed by atoms with Crippen LogP contribution in [0.15, 0.2) is 36.5 Å². The Morgan fingerprint density at radius 3 is 2.52 bits per heavy atom. The van der Waals surface area contributed by atoms with Gasteiger partial charge in [0, 0.05) is 24.5 Å². The van der Waals surface area contributed by atoms with Gasteiger partial charge in [0.2, 0.25) is 5.91 Å². The van der Waals surface area contributed by atoms with E-state index >= 15 is 0 Å². The number of nitrogens with zero attached hydrogens (tertiary/aromatic N) is 2. The molecule has 0 saturated carbocycles. The number of carbonyl (C=O) groups is 2. The van der Waals surface area contributed by atoms with Crippen LogP contribution in [0.3, 0.4) is 0 Å². The van der Waals surface area contributed by atoms with E-state index in [2.05, 4.69) is 17.3 Å². The van der Waals surface area contributed by atoms with E-state index in [9.17, 15) is 9.59 Å². The summed E-state index contributed by atoms with van der Waals surface area (Å²) in [4.78, 5) is 24.3. The molecule has 1 unspecified atom stereocenters. The summed E-state index contributed by atoms with van der Waals surface area (Å²) in [5, 5.41) is 7.06. The Bertz CT molecular complexity index is 707. The van der Waals surface area contributed by atoms with E-state index in [4.69, 9.17) is 4.74 Å². The quantitative estimate of drug-likeness (QED) is 0.702. The highest BCUT2D eigenvalue weighted by Gasteiger charge is 2.13. The highest BCUT2D eigenvalue weighted by atomic mass is 16.5. The van der Waals surface area contributed by atoms with Gasteiger partial charge < -0.3 is 10.1 Å². The lowest BCUT2D eigenvalue weighted by Gasteiger charge is -2.14. The summed E-state index contributed by atoms with van der Waals surface area (Å²) in [5.74, 6) is 1.14. The molecule has 6 nitrogen and oxygen atoms in total. The lowest BCUT2D eigenvalue weighted by Crippen LogP contribution is -2.18. The third kappa shape index (κ3) is 5.17. The zero-order chi connectivity index (χ0) is 18.2. The maximum absolute atomic E-state index is 12.2. The molecule has 2 aromatic rings. The summed E-state index contributed by atoms with van der Waals surface area (Å²) in [5.41, 5.74) is 0.584. The second-order valence-electron chi connectivity index (χ2n) is 5.85. The standard InChI is InChI=1S/C19H25N3O3/c1-4-14(3)22-18(12-13-20-22)21-19(24)11-10-17(23)15-6-8-16(9-7-15)25-5-2/h6-9,12-14H,4-5,10-11H2,1-3H3,(H,21,24). The summed E-state index contributed by atoms with van der Waals surface area (Å²) < 4.78 is 7.14. The van der Waals surface area contributed by atoms with Gasteiger partial charge in [-0.1, -0.05) is 6.92 Å². The number of amides is 1. The van der Waals surface area contributed by atoms with Crippen molar-refractivity contribution in [3.8, 4) is 5.75 Å². The van der Waals surface area contributed by atoms with Gasteiger partial charge in [0.15, 0.2) is 5.78 Å². The molecule has 0 aliphatic heterocycles. The van der Waals surface area contributed by atoms with E-state index < -0.39 is 0 Å². The minimum atomic E-state index is -0.190. The zero-order valence-corrected chi connectivity index (χ0v) is 15.0. The van der Waals surface area contributed by atoms with E-state index in [0.717, 1.165) is 12.2 Å². The monoisotopic (exact) mass is 343 g/mol. The maximum atomic E-state index is 12.2. The van der Waals surface area contributed by atoms with Crippen molar-refractivity contribution in [3.05, 3.63) is 42.1 Å². The van der Waals surface area contributed by atoms with Crippen molar-refractivity contribution in [2.45, 2.75) is 46.1 Å². The highest BCUT2D eigenvalue weighted by molar-refractivity contribution is 5.99. The lowest BCUT2D eigenvalue weighted by molar-refractivity contribution is -0.116. The Balaban J connectivity index is 1.87. The van der Waals surface area contributed by atoms with Gasteiger partial charge in [0.1, 0.15) is 11.6 Å². The topological polar surface area (TPSA) is 73.2 Å². The first-order chi connectivity index (χ1) is 12.0. The molecule has 1 amide bonds. The van der Waals surface area contributed by atoms with Crippen LogP contribution in [0.5, 0.6) is 5.75 Å². The summed E-state index contributed by atoms with van der Waals surface area (Å²) in [6.45, 7) is 6.59. The second-order valence-corrected chi connectivity index (χ2v) is 5.85. The van der Waals surface area contributed by atoms with Crippen LogP contribution in [0, 0.1) is 0 Å². The normalized spacial score (nSPS) is 11.8. The van der Waals surface area contributed by atoms with Crippen LogP contribution in [0.4, 0.5) is 5.82 Å². The molecule has 0 radical (unpaired) electrons. The SMILES string of the molecule is CCOc1ccc(C(=O)CCC(=O)Nc2ccnn2C(C)CC)cc1. The van der Waals surface area contributed by atoms with Gasteiger partial charge in [0.25, 0.3) is 0 Å². The van der Waals surface area contributed by atoms with Crippen LogP contribution in [0.2, 0.25) is 0 Å². The Labute approximate surface area is 148 Å². The molecule has 0 aliphatic carbocycles. The van der Waals surface area contributed by atoms with Crippen LogP contribution in [0.25, 0.3) is 0 Å². The largest absolute Gasteiger partial charge is 0.494 e. The van der Waals surface area contributed by atoms with Crippen LogP contribution < -0.4 is 10.1 Å². The number of ether oxygens (including phenoxy) is 1. The van der Waals surface area contributed by atoms with E-state index in [1.54, 1.807) is 41.2 Å². The zero-order valence-electron chi connectivity index (χ0n) is 15.0. The molecule has 1 aromatic heterocycles. The third-order valence-electron chi connectivity index (χ3n) is 4.01. The smallest absolute Gasteiger partial charge is 0.225 e. The molecule has 2 rings (SSSR count). The van der Waals surface area contributed by atoms with Crippen LogP contribution in [-0.4, -0.2) is 28.1 Å². The Hall–Kier alpha value is -2.63. The molecule has 1 atom stereocenters. The molecular formula is C19H25N3O3. The van der Waals surface area contributed by atoms with Crippen molar-refractivity contribution in [2.75, 3.05) is 11.9 Å². The minimum Gasteiger partial charge on any atom is -0.494 e.